The van der Waals surface area contributed by atoms with Crippen molar-refractivity contribution in [2.24, 2.45) is 0 Å². The first-order chi connectivity index (χ1) is 11.9. The predicted octanol–water partition coefficient (Wildman–Crippen LogP) is 2.81. The minimum Gasteiger partial charge on any atom is -0.508 e. The molecule has 2 aromatic carbocycles. The molecule has 3 aromatic rings. The van der Waals surface area contributed by atoms with E-state index in [-0.39, 0.29) is 34.0 Å². The first-order valence-corrected chi connectivity index (χ1v) is 7.26. The SMILES string of the molecule is COc1cc(O)c2c(=O)c(OC(C)=O)c(-c3ccc(O)cc3)oc2c1. The Morgan fingerprint density at radius 2 is 1.80 bits per heavy atom. The van der Waals surface area contributed by atoms with E-state index in [1.807, 2.05) is 0 Å². The number of rotatable bonds is 3. The molecule has 128 valence electrons. The lowest BCUT2D eigenvalue weighted by Gasteiger charge is -2.11. The van der Waals surface area contributed by atoms with Crippen LogP contribution < -0.4 is 14.9 Å². The standard InChI is InChI=1S/C18H14O7/c1-9(19)24-18-16(22)15-13(21)7-12(23-2)8-14(15)25-17(18)10-3-5-11(20)6-4-10/h3-8,20-21H,1-2H3. The lowest BCUT2D eigenvalue weighted by molar-refractivity contribution is -0.132. The summed E-state index contributed by atoms with van der Waals surface area (Å²) in [4.78, 5) is 24.2. The molecular weight excluding hydrogens is 328 g/mol. The first kappa shape index (κ1) is 16.4. The summed E-state index contributed by atoms with van der Waals surface area (Å²) in [5.74, 6) is -1.08. The fraction of sp³-hybridized carbons (Fsp3) is 0.111. The monoisotopic (exact) mass is 342 g/mol. The van der Waals surface area contributed by atoms with E-state index in [0.29, 0.717) is 11.3 Å². The second-order valence-electron chi connectivity index (χ2n) is 5.25. The van der Waals surface area contributed by atoms with Gasteiger partial charge in [-0.3, -0.25) is 9.59 Å². The van der Waals surface area contributed by atoms with Gasteiger partial charge in [-0.2, -0.15) is 0 Å². The third-order valence-corrected chi connectivity index (χ3v) is 3.52. The van der Waals surface area contributed by atoms with Gasteiger partial charge >= 0.3 is 5.97 Å². The second kappa shape index (κ2) is 6.20. The molecule has 0 amide bonds. The number of fused-ring (bicyclic) bond motifs is 1. The van der Waals surface area contributed by atoms with Crippen LogP contribution in [-0.2, 0) is 4.79 Å². The van der Waals surface area contributed by atoms with E-state index in [1.165, 1.54) is 43.5 Å². The van der Waals surface area contributed by atoms with Gasteiger partial charge in [-0.1, -0.05) is 0 Å². The van der Waals surface area contributed by atoms with Crippen LogP contribution in [0.15, 0.2) is 45.6 Å². The van der Waals surface area contributed by atoms with Gasteiger partial charge in [-0.05, 0) is 24.3 Å². The predicted molar refractivity (Wildman–Crippen MR) is 89.1 cm³/mol. The molecule has 1 heterocycles. The van der Waals surface area contributed by atoms with Gasteiger partial charge in [-0.25, -0.2) is 0 Å². The Morgan fingerprint density at radius 3 is 2.40 bits per heavy atom. The van der Waals surface area contributed by atoms with Crippen molar-refractivity contribution in [3.8, 4) is 34.3 Å². The minimum absolute atomic E-state index is 0.000327. The van der Waals surface area contributed by atoms with Crippen molar-refractivity contribution in [3.05, 3.63) is 46.6 Å². The number of hydrogen-bond acceptors (Lipinski definition) is 7. The molecular formula is C18H14O7. The van der Waals surface area contributed by atoms with Gasteiger partial charge in [0.05, 0.1) is 7.11 Å². The number of phenols is 2. The van der Waals surface area contributed by atoms with Gasteiger partial charge in [0, 0.05) is 24.6 Å². The number of carbonyl (C=O) groups excluding carboxylic acids is 1. The third-order valence-electron chi connectivity index (χ3n) is 3.52. The highest BCUT2D eigenvalue weighted by atomic mass is 16.5. The highest BCUT2D eigenvalue weighted by Gasteiger charge is 2.22. The van der Waals surface area contributed by atoms with Gasteiger partial charge in [0.15, 0.2) is 5.76 Å². The molecule has 0 bridgehead atoms. The average Bonchev–Trinajstić information content (AvgIpc) is 2.57. The average molecular weight is 342 g/mol. The van der Waals surface area contributed by atoms with Crippen LogP contribution in [0.2, 0.25) is 0 Å². The van der Waals surface area contributed by atoms with Gasteiger partial charge in [0.2, 0.25) is 11.2 Å². The van der Waals surface area contributed by atoms with Gasteiger partial charge < -0.3 is 24.1 Å². The summed E-state index contributed by atoms with van der Waals surface area (Å²) < 4.78 is 15.8. The quantitative estimate of drug-likeness (QED) is 0.705. The topological polar surface area (TPSA) is 106 Å². The van der Waals surface area contributed by atoms with Crippen molar-refractivity contribution in [2.75, 3.05) is 7.11 Å². The van der Waals surface area contributed by atoms with E-state index in [1.54, 1.807) is 0 Å². The molecule has 0 atom stereocenters. The number of aromatic hydroxyl groups is 2. The largest absolute Gasteiger partial charge is 0.508 e. The lowest BCUT2D eigenvalue weighted by Crippen LogP contribution is -2.13. The minimum atomic E-state index is -0.709. The summed E-state index contributed by atoms with van der Waals surface area (Å²) >= 11 is 0. The zero-order chi connectivity index (χ0) is 18.1. The maximum absolute atomic E-state index is 12.8. The highest BCUT2D eigenvalue weighted by Crippen LogP contribution is 2.36. The van der Waals surface area contributed by atoms with E-state index in [2.05, 4.69) is 0 Å². The molecule has 25 heavy (non-hydrogen) atoms. The molecule has 0 aliphatic carbocycles. The Balaban J connectivity index is 2.38. The smallest absolute Gasteiger partial charge is 0.308 e. The molecule has 0 saturated carbocycles. The number of phenolic OH excluding ortho intramolecular Hbond substituents is 2. The molecule has 7 nitrogen and oxygen atoms in total. The van der Waals surface area contributed by atoms with Gasteiger partial charge in [-0.15, -0.1) is 0 Å². The van der Waals surface area contributed by atoms with E-state index in [9.17, 15) is 19.8 Å². The summed E-state index contributed by atoms with van der Waals surface area (Å²) in [5.41, 5.74) is -0.212. The Labute approximate surface area is 141 Å². The lowest BCUT2D eigenvalue weighted by atomic mass is 10.1. The number of methoxy groups -OCH3 is 1. The van der Waals surface area contributed by atoms with Crippen molar-refractivity contribution in [1.29, 1.82) is 0 Å². The molecule has 1 aromatic heterocycles. The maximum Gasteiger partial charge on any atom is 0.308 e. The summed E-state index contributed by atoms with van der Waals surface area (Å²) in [5, 5.41) is 19.4. The molecule has 0 saturated heterocycles. The first-order valence-electron chi connectivity index (χ1n) is 7.26. The van der Waals surface area contributed by atoms with Crippen LogP contribution in [0.4, 0.5) is 0 Å². The molecule has 0 fully saturated rings. The zero-order valence-corrected chi connectivity index (χ0v) is 13.4. The molecule has 2 N–H and O–H groups in total. The second-order valence-corrected chi connectivity index (χ2v) is 5.25. The molecule has 3 rings (SSSR count). The van der Waals surface area contributed by atoms with E-state index >= 15 is 0 Å². The summed E-state index contributed by atoms with van der Waals surface area (Å²) in [6.45, 7) is 1.15. The van der Waals surface area contributed by atoms with Crippen molar-refractivity contribution >= 4 is 16.9 Å². The van der Waals surface area contributed by atoms with Crippen LogP contribution >= 0.6 is 0 Å². The third kappa shape index (κ3) is 2.99. The van der Waals surface area contributed by atoms with Gasteiger partial charge in [0.1, 0.15) is 28.2 Å². The molecule has 0 radical (unpaired) electrons. The van der Waals surface area contributed by atoms with Crippen molar-refractivity contribution in [1.82, 2.24) is 0 Å². The summed E-state index contributed by atoms with van der Waals surface area (Å²) in [7, 11) is 1.41. The fourth-order valence-corrected chi connectivity index (χ4v) is 2.41. The normalized spacial score (nSPS) is 10.6. The number of carbonyl (C=O) groups is 1. The number of hydrogen-bond donors (Lipinski definition) is 2. The van der Waals surface area contributed by atoms with Crippen LogP contribution in [0.5, 0.6) is 23.0 Å². The van der Waals surface area contributed by atoms with Crippen LogP contribution in [0.25, 0.3) is 22.3 Å². The highest BCUT2D eigenvalue weighted by molar-refractivity contribution is 5.89. The number of esters is 1. The number of ether oxygens (including phenoxy) is 2. The van der Waals surface area contributed by atoms with Crippen LogP contribution in [-0.4, -0.2) is 23.3 Å². The van der Waals surface area contributed by atoms with Crippen molar-refractivity contribution < 1.29 is 28.9 Å². The van der Waals surface area contributed by atoms with Gasteiger partial charge in [0.25, 0.3) is 0 Å². The molecule has 0 unspecified atom stereocenters. The Hall–Kier alpha value is -3.48. The zero-order valence-electron chi connectivity index (χ0n) is 13.4. The Kier molecular flexibility index (Phi) is 4.06. The molecule has 7 heteroatoms. The van der Waals surface area contributed by atoms with E-state index in [0.717, 1.165) is 6.92 Å². The van der Waals surface area contributed by atoms with Crippen LogP contribution in [0, 0.1) is 0 Å². The molecule has 0 aliphatic rings. The number of benzene rings is 2. The Bertz CT molecular complexity index is 1020. The summed E-state index contributed by atoms with van der Waals surface area (Å²) in [6.07, 6.45) is 0. The Morgan fingerprint density at radius 1 is 1.12 bits per heavy atom. The van der Waals surface area contributed by atoms with Crippen LogP contribution in [0.3, 0.4) is 0 Å². The van der Waals surface area contributed by atoms with Crippen molar-refractivity contribution in [2.45, 2.75) is 6.92 Å². The fourth-order valence-electron chi connectivity index (χ4n) is 2.41. The van der Waals surface area contributed by atoms with E-state index < -0.39 is 11.4 Å². The van der Waals surface area contributed by atoms with E-state index in [4.69, 9.17) is 13.9 Å². The van der Waals surface area contributed by atoms with Crippen molar-refractivity contribution in [3.63, 3.8) is 0 Å². The molecule has 0 spiro atoms. The summed E-state index contributed by atoms with van der Waals surface area (Å²) in [6, 6.07) is 8.52. The van der Waals surface area contributed by atoms with Crippen LogP contribution in [0.1, 0.15) is 6.92 Å². The molecule has 0 aliphatic heterocycles. The maximum atomic E-state index is 12.8.